The van der Waals surface area contributed by atoms with Crippen LogP contribution in [-0.2, 0) is 4.79 Å². The molecule has 0 bridgehead atoms. The minimum atomic E-state index is 0.0967. The molecule has 1 aliphatic carbocycles. The van der Waals surface area contributed by atoms with Gasteiger partial charge in [0.25, 0.3) is 0 Å². The standard InChI is InChI=1S/C24H32N2O3/c1-26(2)21(18-8-6-5-7-9-18)16-25-24(27)15-20(17-10-11-17)19-12-13-22(28-3)23(14-19)29-4/h5-9,12-14,17,20-21H,10-11,15-16H2,1-4H3,(H,25,27). The first-order chi connectivity index (χ1) is 14.0. The molecule has 0 radical (unpaired) electrons. The van der Waals surface area contributed by atoms with Crippen LogP contribution in [0.25, 0.3) is 0 Å². The molecule has 2 aromatic carbocycles. The van der Waals surface area contributed by atoms with E-state index in [0.29, 0.717) is 30.4 Å². The molecule has 2 unspecified atom stereocenters. The number of hydrogen-bond donors (Lipinski definition) is 1. The second kappa shape index (κ2) is 9.79. The van der Waals surface area contributed by atoms with E-state index in [0.717, 1.165) is 5.56 Å². The minimum Gasteiger partial charge on any atom is -0.493 e. The maximum atomic E-state index is 12.8. The van der Waals surface area contributed by atoms with Crippen molar-refractivity contribution < 1.29 is 14.3 Å². The first-order valence-corrected chi connectivity index (χ1v) is 10.2. The Morgan fingerprint density at radius 3 is 2.31 bits per heavy atom. The Balaban J connectivity index is 1.66. The number of amides is 1. The van der Waals surface area contributed by atoms with Crippen molar-refractivity contribution in [2.24, 2.45) is 5.92 Å². The van der Waals surface area contributed by atoms with Gasteiger partial charge in [-0.1, -0.05) is 36.4 Å². The maximum Gasteiger partial charge on any atom is 0.220 e. The van der Waals surface area contributed by atoms with Gasteiger partial charge in [0.15, 0.2) is 11.5 Å². The van der Waals surface area contributed by atoms with Gasteiger partial charge in [0.2, 0.25) is 5.91 Å². The number of ether oxygens (including phenoxy) is 2. The number of carbonyl (C=O) groups is 1. The van der Waals surface area contributed by atoms with Crippen LogP contribution in [0.3, 0.4) is 0 Å². The first-order valence-electron chi connectivity index (χ1n) is 10.2. The number of likely N-dealkylation sites (N-methyl/N-ethyl adjacent to an activating group) is 1. The zero-order chi connectivity index (χ0) is 20.8. The maximum absolute atomic E-state index is 12.8. The number of hydrogen-bond acceptors (Lipinski definition) is 4. The largest absolute Gasteiger partial charge is 0.493 e. The lowest BCUT2D eigenvalue weighted by Gasteiger charge is -2.26. The van der Waals surface area contributed by atoms with E-state index >= 15 is 0 Å². The monoisotopic (exact) mass is 396 g/mol. The zero-order valence-corrected chi connectivity index (χ0v) is 17.9. The third-order valence-corrected chi connectivity index (χ3v) is 5.73. The summed E-state index contributed by atoms with van der Waals surface area (Å²) < 4.78 is 10.8. The molecule has 0 heterocycles. The lowest BCUT2D eigenvalue weighted by Crippen LogP contribution is -2.35. The fourth-order valence-electron chi connectivity index (χ4n) is 3.89. The van der Waals surface area contributed by atoms with Crippen LogP contribution < -0.4 is 14.8 Å². The smallest absolute Gasteiger partial charge is 0.220 e. The normalized spacial score (nSPS) is 15.6. The molecule has 1 amide bonds. The van der Waals surface area contributed by atoms with E-state index in [1.165, 1.54) is 18.4 Å². The van der Waals surface area contributed by atoms with Crippen LogP contribution in [0.1, 0.15) is 42.3 Å². The van der Waals surface area contributed by atoms with Crippen molar-refractivity contribution in [2.75, 3.05) is 34.9 Å². The van der Waals surface area contributed by atoms with E-state index < -0.39 is 0 Å². The van der Waals surface area contributed by atoms with Crippen molar-refractivity contribution in [1.82, 2.24) is 10.2 Å². The topological polar surface area (TPSA) is 50.8 Å². The summed E-state index contributed by atoms with van der Waals surface area (Å²) in [7, 11) is 7.36. The molecule has 1 aliphatic rings. The number of nitrogens with zero attached hydrogens (tertiary/aromatic N) is 1. The number of methoxy groups -OCH3 is 2. The van der Waals surface area contributed by atoms with Crippen molar-refractivity contribution in [2.45, 2.75) is 31.2 Å². The van der Waals surface area contributed by atoms with Crippen LogP contribution in [0.15, 0.2) is 48.5 Å². The highest BCUT2D eigenvalue weighted by Crippen LogP contribution is 2.46. The van der Waals surface area contributed by atoms with E-state index in [4.69, 9.17) is 9.47 Å². The van der Waals surface area contributed by atoms with Crippen molar-refractivity contribution in [3.05, 3.63) is 59.7 Å². The first kappa shape index (κ1) is 21.2. The van der Waals surface area contributed by atoms with E-state index in [-0.39, 0.29) is 17.9 Å². The summed E-state index contributed by atoms with van der Waals surface area (Å²) in [5.41, 5.74) is 2.35. The second-order valence-corrected chi connectivity index (χ2v) is 7.96. The predicted octanol–water partition coefficient (Wildman–Crippen LogP) is 4.01. The van der Waals surface area contributed by atoms with Crippen LogP contribution in [0.2, 0.25) is 0 Å². The third kappa shape index (κ3) is 5.51. The molecule has 1 fully saturated rings. The van der Waals surface area contributed by atoms with Crippen LogP contribution in [0.4, 0.5) is 0 Å². The molecule has 0 spiro atoms. The van der Waals surface area contributed by atoms with Gasteiger partial charge in [-0.15, -0.1) is 0 Å². The molecule has 5 nitrogen and oxygen atoms in total. The molecular formula is C24H32N2O3. The van der Waals surface area contributed by atoms with E-state index in [9.17, 15) is 4.79 Å². The average molecular weight is 397 g/mol. The summed E-state index contributed by atoms with van der Waals surface area (Å²) in [5, 5.41) is 3.16. The summed E-state index contributed by atoms with van der Waals surface area (Å²) in [5.74, 6) is 2.31. The van der Waals surface area contributed by atoms with E-state index in [1.807, 2.05) is 44.4 Å². The van der Waals surface area contributed by atoms with Gasteiger partial charge in [-0.2, -0.15) is 0 Å². The Bertz CT molecular complexity index is 803. The van der Waals surface area contributed by atoms with Crippen LogP contribution in [-0.4, -0.2) is 45.7 Å². The molecule has 156 valence electrons. The van der Waals surface area contributed by atoms with Crippen molar-refractivity contribution in [3.8, 4) is 11.5 Å². The summed E-state index contributed by atoms with van der Waals surface area (Å²) in [4.78, 5) is 15.0. The minimum absolute atomic E-state index is 0.0967. The van der Waals surface area contributed by atoms with Gasteiger partial charge in [0.05, 0.1) is 20.3 Å². The molecular weight excluding hydrogens is 364 g/mol. The summed E-state index contributed by atoms with van der Waals surface area (Å²) in [6.07, 6.45) is 2.85. The third-order valence-electron chi connectivity index (χ3n) is 5.73. The van der Waals surface area contributed by atoms with Crippen molar-refractivity contribution in [1.29, 1.82) is 0 Å². The van der Waals surface area contributed by atoms with Gasteiger partial charge in [-0.05, 0) is 62.0 Å². The Hall–Kier alpha value is -2.53. The fraction of sp³-hybridized carbons (Fsp3) is 0.458. The predicted molar refractivity (Wildman–Crippen MR) is 116 cm³/mol. The van der Waals surface area contributed by atoms with Gasteiger partial charge >= 0.3 is 0 Å². The quantitative estimate of drug-likeness (QED) is 0.659. The lowest BCUT2D eigenvalue weighted by atomic mass is 9.90. The van der Waals surface area contributed by atoms with Crippen LogP contribution in [0.5, 0.6) is 11.5 Å². The number of carbonyl (C=O) groups excluding carboxylic acids is 1. The van der Waals surface area contributed by atoms with Crippen LogP contribution in [0, 0.1) is 5.92 Å². The molecule has 2 aromatic rings. The van der Waals surface area contributed by atoms with Crippen molar-refractivity contribution >= 4 is 5.91 Å². The molecule has 0 aliphatic heterocycles. The average Bonchev–Trinajstić information content (AvgIpc) is 3.57. The van der Waals surface area contributed by atoms with Gasteiger partial charge in [0, 0.05) is 13.0 Å². The Morgan fingerprint density at radius 2 is 1.72 bits per heavy atom. The Labute approximate surface area is 174 Å². The van der Waals surface area contributed by atoms with Gasteiger partial charge in [0.1, 0.15) is 0 Å². The van der Waals surface area contributed by atoms with Gasteiger partial charge in [-0.25, -0.2) is 0 Å². The molecule has 0 saturated heterocycles. The Morgan fingerprint density at radius 1 is 1.03 bits per heavy atom. The van der Waals surface area contributed by atoms with Gasteiger partial charge in [-0.3, -0.25) is 4.79 Å². The summed E-state index contributed by atoms with van der Waals surface area (Å²) in [6.45, 7) is 0.596. The van der Waals surface area contributed by atoms with Gasteiger partial charge < -0.3 is 19.7 Å². The molecule has 1 N–H and O–H groups in total. The fourth-order valence-corrected chi connectivity index (χ4v) is 3.89. The molecule has 5 heteroatoms. The number of benzene rings is 2. The van der Waals surface area contributed by atoms with Crippen molar-refractivity contribution in [3.63, 3.8) is 0 Å². The van der Waals surface area contributed by atoms with E-state index in [2.05, 4.69) is 28.4 Å². The molecule has 29 heavy (non-hydrogen) atoms. The summed E-state index contributed by atoms with van der Waals surface area (Å²) >= 11 is 0. The second-order valence-electron chi connectivity index (χ2n) is 7.96. The van der Waals surface area contributed by atoms with Crippen LogP contribution >= 0.6 is 0 Å². The number of nitrogens with one attached hydrogen (secondary N) is 1. The molecule has 3 rings (SSSR count). The zero-order valence-electron chi connectivity index (χ0n) is 17.9. The highest BCUT2D eigenvalue weighted by Gasteiger charge is 2.34. The number of rotatable bonds is 10. The highest BCUT2D eigenvalue weighted by molar-refractivity contribution is 5.77. The summed E-state index contributed by atoms with van der Waals surface area (Å²) in [6, 6.07) is 16.5. The molecule has 0 aromatic heterocycles. The van der Waals surface area contributed by atoms with E-state index in [1.54, 1.807) is 14.2 Å². The highest BCUT2D eigenvalue weighted by atomic mass is 16.5. The Kier molecular flexibility index (Phi) is 7.15. The molecule has 1 saturated carbocycles. The SMILES string of the molecule is COc1ccc(C(CC(=O)NCC(c2ccccc2)N(C)C)C2CC2)cc1OC. The molecule has 2 atom stereocenters. The lowest BCUT2D eigenvalue weighted by molar-refractivity contribution is -0.121.